The van der Waals surface area contributed by atoms with Gasteiger partial charge in [0.1, 0.15) is 16.7 Å². The molecule has 0 spiro atoms. The van der Waals surface area contributed by atoms with Crippen molar-refractivity contribution in [1.82, 2.24) is 0 Å². The lowest BCUT2D eigenvalue weighted by molar-refractivity contribution is -0.941. The number of hydrogen-bond donors (Lipinski definition) is 0. The minimum Gasteiger partial charge on any atom is -0.744 e. The fourth-order valence-corrected chi connectivity index (χ4v) is 7.99. The molecule has 0 N–H and O–H groups in total. The Kier molecular flexibility index (Phi) is 29.0. The highest BCUT2D eigenvalue weighted by atomic mass is 32.2. The van der Waals surface area contributed by atoms with Gasteiger partial charge in [-0.05, 0) is 50.7 Å². The molecule has 0 bridgehead atoms. The summed E-state index contributed by atoms with van der Waals surface area (Å²) in [6.07, 6.45) is 40.8. The lowest BCUT2D eigenvalue weighted by atomic mass is 10.0. The van der Waals surface area contributed by atoms with E-state index in [-0.39, 0.29) is 4.90 Å². The summed E-state index contributed by atoms with van der Waals surface area (Å²) in [5, 5.41) is 0. The van der Waals surface area contributed by atoms with E-state index in [0.29, 0.717) is 0 Å². The zero-order valence-corrected chi connectivity index (χ0v) is 33.2. The number of rotatable bonds is 36. The summed E-state index contributed by atoms with van der Waals surface area (Å²) in [7, 11) is -4.42. The maximum Gasteiger partial charge on any atom is 0.124 e. The highest BCUT2D eigenvalue weighted by molar-refractivity contribution is 7.85. The van der Waals surface area contributed by atoms with Crippen LogP contribution in [0.2, 0.25) is 0 Å². The molecule has 0 saturated carbocycles. The molecular formula is C43H81NO3S. The first-order valence-electron chi connectivity index (χ1n) is 21.3. The predicted molar refractivity (Wildman–Crippen MR) is 209 cm³/mol. The summed E-state index contributed by atoms with van der Waals surface area (Å²) in [6.45, 7) is 11.5. The van der Waals surface area contributed by atoms with Crippen LogP contribution in [0.4, 0.5) is 0 Å². The Morgan fingerprint density at radius 3 is 0.917 bits per heavy atom. The number of quaternary nitrogens is 1. The highest BCUT2D eigenvalue weighted by Gasteiger charge is 2.27. The molecule has 5 heteroatoms. The van der Waals surface area contributed by atoms with Crippen molar-refractivity contribution in [3.63, 3.8) is 0 Å². The lowest BCUT2D eigenvalue weighted by Crippen LogP contribution is -2.49. The van der Waals surface area contributed by atoms with Gasteiger partial charge < -0.3 is 9.04 Å². The zero-order chi connectivity index (χ0) is 35.0. The largest absolute Gasteiger partial charge is 0.744 e. The molecule has 0 unspecified atom stereocenters. The summed E-state index contributed by atoms with van der Waals surface area (Å²) in [6, 6.07) is 6.89. The SMILES string of the molecule is CCCCCCCCCCCC[N+](CCCCCCCCCCCC)(CCCCCCCCCCCC)Cc1ccc(S(=O)(=O)[O-])cc1. The third-order valence-corrected chi connectivity index (χ3v) is 11.5. The minimum absolute atomic E-state index is 0.108. The molecule has 0 aliphatic carbocycles. The molecule has 0 heterocycles. The summed E-state index contributed by atoms with van der Waals surface area (Å²) in [5.41, 5.74) is 1.17. The highest BCUT2D eigenvalue weighted by Crippen LogP contribution is 2.24. The summed E-state index contributed by atoms with van der Waals surface area (Å²) in [5.74, 6) is 0. The predicted octanol–water partition coefficient (Wildman–Crippen LogP) is 13.7. The van der Waals surface area contributed by atoms with Crippen molar-refractivity contribution >= 4 is 10.1 Å². The Morgan fingerprint density at radius 1 is 0.417 bits per heavy atom. The van der Waals surface area contributed by atoms with Gasteiger partial charge in [0, 0.05) is 5.56 Å². The third kappa shape index (κ3) is 25.1. The molecule has 1 aromatic carbocycles. The van der Waals surface area contributed by atoms with Crippen LogP contribution in [-0.2, 0) is 16.7 Å². The second-order valence-corrected chi connectivity index (χ2v) is 16.7. The van der Waals surface area contributed by atoms with Gasteiger partial charge in [0.2, 0.25) is 0 Å². The molecule has 0 atom stereocenters. The quantitative estimate of drug-likeness (QED) is 0.0400. The first-order valence-corrected chi connectivity index (χ1v) is 22.7. The monoisotopic (exact) mass is 692 g/mol. The van der Waals surface area contributed by atoms with Crippen LogP contribution in [0.5, 0.6) is 0 Å². The van der Waals surface area contributed by atoms with Crippen LogP contribution < -0.4 is 0 Å². The zero-order valence-electron chi connectivity index (χ0n) is 32.4. The van der Waals surface area contributed by atoms with Gasteiger partial charge in [-0.25, -0.2) is 8.42 Å². The van der Waals surface area contributed by atoms with Crippen molar-refractivity contribution in [2.24, 2.45) is 0 Å². The number of unbranched alkanes of at least 4 members (excludes halogenated alkanes) is 27. The van der Waals surface area contributed by atoms with Crippen molar-refractivity contribution < 1.29 is 17.5 Å². The average Bonchev–Trinajstić information content (AvgIpc) is 3.07. The normalized spacial score (nSPS) is 12.2. The smallest absolute Gasteiger partial charge is 0.124 e. The van der Waals surface area contributed by atoms with E-state index >= 15 is 0 Å². The second-order valence-electron chi connectivity index (χ2n) is 15.3. The molecule has 0 aromatic heterocycles. The standard InChI is InChI=1S/C43H81NO3S/c1-4-7-10-13-16-19-22-25-28-31-38-44(39-32-29-26-23-20-17-14-11-8-5-2,40-33-30-27-24-21-18-15-12-9-6-3)41-42-34-36-43(37-35-42)48(45,46)47/h34-37H,4-33,38-41H2,1-3H3. The second kappa shape index (κ2) is 30.9. The van der Waals surface area contributed by atoms with Crippen LogP contribution in [0.3, 0.4) is 0 Å². The van der Waals surface area contributed by atoms with Crippen LogP contribution in [0, 0.1) is 0 Å². The van der Waals surface area contributed by atoms with E-state index in [4.69, 9.17) is 0 Å². The summed E-state index contributed by atoms with van der Waals surface area (Å²) in [4.78, 5) is -0.108. The molecule has 1 rings (SSSR count). The van der Waals surface area contributed by atoms with Gasteiger partial charge >= 0.3 is 0 Å². The number of nitrogens with zero attached hydrogens (tertiary/aromatic N) is 1. The Hall–Kier alpha value is -0.910. The summed E-state index contributed by atoms with van der Waals surface area (Å²) < 4.78 is 36.0. The first kappa shape index (κ1) is 45.1. The molecule has 0 aliphatic rings. The maximum atomic E-state index is 11.6. The van der Waals surface area contributed by atoms with Crippen molar-refractivity contribution in [1.29, 1.82) is 0 Å². The van der Waals surface area contributed by atoms with Gasteiger partial charge in [-0.2, -0.15) is 0 Å². The van der Waals surface area contributed by atoms with Gasteiger partial charge in [-0.3, -0.25) is 0 Å². The van der Waals surface area contributed by atoms with Crippen LogP contribution in [0.15, 0.2) is 29.2 Å². The molecule has 0 saturated heterocycles. The molecule has 282 valence electrons. The minimum atomic E-state index is -4.42. The van der Waals surface area contributed by atoms with Gasteiger partial charge in [0.25, 0.3) is 0 Å². The lowest BCUT2D eigenvalue weighted by Gasteiger charge is -2.39. The van der Waals surface area contributed by atoms with Crippen molar-refractivity contribution in [2.45, 2.75) is 225 Å². The maximum absolute atomic E-state index is 11.6. The fourth-order valence-electron chi connectivity index (χ4n) is 7.53. The van der Waals surface area contributed by atoms with Gasteiger partial charge in [0.05, 0.1) is 24.5 Å². The molecule has 1 aromatic rings. The van der Waals surface area contributed by atoms with E-state index in [1.807, 2.05) is 12.1 Å². The van der Waals surface area contributed by atoms with Crippen molar-refractivity contribution in [2.75, 3.05) is 19.6 Å². The Labute approximate surface area is 301 Å². The Morgan fingerprint density at radius 2 is 0.667 bits per heavy atom. The van der Waals surface area contributed by atoms with Gasteiger partial charge in [-0.15, -0.1) is 0 Å². The molecule has 4 nitrogen and oxygen atoms in total. The molecule has 0 radical (unpaired) electrons. The molecule has 48 heavy (non-hydrogen) atoms. The van der Waals surface area contributed by atoms with E-state index in [2.05, 4.69) is 20.8 Å². The third-order valence-electron chi connectivity index (χ3n) is 10.7. The Balaban J connectivity index is 2.79. The number of hydrogen-bond acceptors (Lipinski definition) is 3. The van der Waals surface area contributed by atoms with Crippen molar-refractivity contribution in [3.8, 4) is 0 Å². The molecule has 0 fully saturated rings. The molecule has 0 amide bonds. The van der Waals surface area contributed by atoms with E-state index in [9.17, 15) is 13.0 Å². The summed E-state index contributed by atoms with van der Waals surface area (Å²) >= 11 is 0. The Bertz CT molecular complexity index is 870. The number of benzene rings is 1. The molecular weight excluding hydrogens is 611 g/mol. The van der Waals surface area contributed by atoms with E-state index in [1.165, 1.54) is 230 Å². The van der Waals surface area contributed by atoms with Crippen LogP contribution >= 0.6 is 0 Å². The molecule has 0 aliphatic heterocycles. The van der Waals surface area contributed by atoms with E-state index < -0.39 is 10.1 Å². The first-order chi connectivity index (χ1) is 23.4. The van der Waals surface area contributed by atoms with E-state index in [1.54, 1.807) is 0 Å². The van der Waals surface area contributed by atoms with Crippen molar-refractivity contribution in [3.05, 3.63) is 29.8 Å². The topological polar surface area (TPSA) is 57.2 Å². The van der Waals surface area contributed by atoms with Crippen LogP contribution in [-0.4, -0.2) is 37.1 Å². The van der Waals surface area contributed by atoms with Crippen LogP contribution in [0.25, 0.3) is 0 Å². The van der Waals surface area contributed by atoms with Gasteiger partial charge in [0.15, 0.2) is 0 Å². The van der Waals surface area contributed by atoms with Gasteiger partial charge in [-0.1, -0.05) is 187 Å². The van der Waals surface area contributed by atoms with Crippen LogP contribution in [0.1, 0.15) is 219 Å². The average molecular weight is 692 g/mol. The van der Waals surface area contributed by atoms with E-state index in [0.717, 1.165) is 11.0 Å². The fraction of sp³-hybridized carbons (Fsp3) is 0.860.